The summed E-state index contributed by atoms with van der Waals surface area (Å²) in [5, 5.41) is 12.0. The zero-order valence-corrected chi connectivity index (χ0v) is 18.9. The standard InChI is InChI=1S/C21H23ClN4O4S/c1-13-16(14(2)24-21(28)17(13)12-23)6-8-20(27)25-15-5-7-18(22)19(11-15)31(29,30)26-9-3-4-10-26/h5,7,11H,3-4,6,8-10H2,1-2H3,(H,24,28)(H,25,27). The first-order valence-corrected chi connectivity index (χ1v) is 11.7. The Balaban J connectivity index is 1.75. The topological polar surface area (TPSA) is 123 Å². The first-order chi connectivity index (χ1) is 14.6. The summed E-state index contributed by atoms with van der Waals surface area (Å²) in [7, 11) is -3.72. The van der Waals surface area contributed by atoms with Crippen molar-refractivity contribution in [3.05, 3.63) is 56.0 Å². The van der Waals surface area contributed by atoms with Crippen molar-refractivity contribution in [3.63, 3.8) is 0 Å². The Labute approximate surface area is 185 Å². The normalized spacial score (nSPS) is 14.4. The molecule has 0 spiro atoms. The first kappa shape index (κ1) is 23.0. The number of benzene rings is 1. The van der Waals surface area contributed by atoms with Gasteiger partial charge in [-0.25, -0.2) is 8.42 Å². The summed E-state index contributed by atoms with van der Waals surface area (Å²) in [4.78, 5) is 26.9. The molecule has 1 amide bonds. The van der Waals surface area contributed by atoms with Crippen molar-refractivity contribution in [2.45, 2.75) is 44.4 Å². The van der Waals surface area contributed by atoms with E-state index in [0.717, 1.165) is 18.4 Å². The summed E-state index contributed by atoms with van der Waals surface area (Å²) in [6, 6.07) is 6.27. The third-order valence-corrected chi connectivity index (χ3v) is 7.80. The van der Waals surface area contributed by atoms with Gasteiger partial charge in [0.2, 0.25) is 15.9 Å². The number of aromatic amines is 1. The Morgan fingerprint density at radius 3 is 2.61 bits per heavy atom. The van der Waals surface area contributed by atoms with Crippen LogP contribution in [0.5, 0.6) is 0 Å². The van der Waals surface area contributed by atoms with Gasteiger partial charge in [0.15, 0.2) is 0 Å². The molecule has 164 valence electrons. The Morgan fingerprint density at radius 1 is 1.29 bits per heavy atom. The Morgan fingerprint density at radius 2 is 1.97 bits per heavy atom. The Hall–Kier alpha value is -2.67. The van der Waals surface area contributed by atoms with E-state index < -0.39 is 15.6 Å². The zero-order chi connectivity index (χ0) is 22.8. The molecule has 10 heteroatoms. The number of hydrogen-bond acceptors (Lipinski definition) is 5. The van der Waals surface area contributed by atoms with E-state index >= 15 is 0 Å². The lowest BCUT2D eigenvalue weighted by atomic mass is 9.99. The largest absolute Gasteiger partial charge is 0.326 e. The summed E-state index contributed by atoms with van der Waals surface area (Å²) in [6.45, 7) is 4.32. The molecule has 2 aromatic rings. The predicted octanol–water partition coefficient (Wildman–Crippen LogP) is 2.87. The minimum atomic E-state index is -3.72. The van der Waals surface area contributed by atoms with Gasteiger partial charge in [-0.2, -0.15) is 9.57 Å². The predicted molar refractivity (Wildman–Crippen MR) is 118 cm³/mol. The highest BCUT2D eigenvalue weighted by Crippen LogP contribution is 2.29. The molecule has 0 aliphatic carbocycles. The van der Waals surface area contributed by atoms with Crippen molar-refractivity contribution in [1.82, 2.24) is 9.29 Å². The van der Waals surface area contributed by atoms with Crippen LogP contribution in [0.2, 0.25) is 5.02 Å². The number of sulfonamides is 1. The van der Waals surface area contributed by atoms with E-state index in [1.165, 1.54) is 16.4 Å². The van der Waals surface area contributed by atoms with Gasteiger partial charge in [0.1, 0.15) is 16.5 Å². The SMILES string of the molecule is Cc1[nH]c(=O)c(C#N)c(C)c1CCC(=O)Nc1ccc(Cl)c(S(=O)(=O)N2CCCC2)c1. The van der Waals surface area contributed by atoms with Crippen LogP contribution in [0.15, 0.2) is 27.9 Å². The van der Waals surface area contributed by atoms with Crippen LogP contribution >= 0.6 is 11.6 Å². The van der Waals surface area contributed by atoms with Crippen LogP contribution in [0.1, 0.15) is 41.6 Å². The summed E-state index contributed by atoms with van der Waals surface area (Å²) in [5.41, 5.74) is 1.83. The lowest BCUT2D eigenvalue weighted by molar-refractivity contribution is -0.116. The molecule has 1 fully saturated rings. The maximum absolute atomic E-state index is 12.8. The average molecular weight is 463 g/mol. The van der Waals surface area contributed by atoms with Crippen LogP contribution < -0.4 is 10.9 Å². The van der Waals surface area contributed by atoms with Crippen molar-refractivity contribution >= 4 is 33.2 Å². The molecule has 3 rings (SSSR count). The number of pyridine rings is 1. The fourth-order valence-electron chi connectivity index (χ4n) is 3.73. The molecule has 0 saturated carbocycles. The van der Waals surface area contributed by atoms with Gasteiger partial charge in [0.25, 0.3) is 5.56 Å². The highest BCUT2D eigenvalue weighted by atomic mass is 35.5. The second-order valence-electron chi connectivity index (χ2n) is 7.47. The van der Waals surface area contributed by atoms with E-state index in [0.29, 0.717) is 36.5 Å². The van der Waals surface area contributed by atoms with E-state index in [1.807, 2.05) is 6.07 Å². The number of nitrogens with one attached hydrogen (secondary N) is 2. The van der Waals surface area contributed by atoms with Crippen molar-refractivity contribution in [1.29, 1.82) is 5.26 Å². The number of carbonyl (C=O) groups is 1. The summed E-state index contributed by atoms with van der Waals surface area (Å²) in [6.07, 6.45) is 2.03. The molecule has 31 heavy (non-hydrogen) atoms. The fourth-order valence-corrected chi connectivity index (χ4v) is 5.75. The molecule has 1 saturated heterocycles. The summed E-state index contributed by atoms with van der Waals surface area (Å²) in [5.74, 6) is -0.324. The van der Waals surface area contributed by atoms with Crippen LogP contribution in [0.3, 0.4) is 0 Å². The molecule has 2 heterocycles. The Bertz CT molecular complexity index is 1230. The number of amides is 1. The Kier molecular flexibility index (Phi) is 6.84. The number of carbonyl (C=O) groups excluding carboxylic acids is 1. The second-order valence-corrected chi connectivity index (χ2v) is 9.79. The molecule has 2 N–H and O–H groups in total. The quantitative estimate of drug-likeness (QED) is 0.683. The molecular formula is C21H23ClN4O4S. The zero-order valence-electron chi connectivity index (χ0n) is 17.3. The van der Waals surface area contributed by atoms with Gasteiger partial charge in [-0.1, -0.05) is 11.6 Å². The van der Waals surface area contributed by atoms with E-state index in [1.54, 1.807) is 19.9 Å². The molecule has 0 atom stereocenters. The third kappa shape index (κ3) is 4.82. The van der Waals surface area contributed by atoms with Gasteiger partial charge in [0, 0.05) is 30.9 Å². The van der Waals surface area contributed by atoms with E-state index in [4.69, 9.17) is 16.9 Å². The van der Waals surface area contributed by atoms with Crippen LogP contribution in [-0.2, 0) is 21.2 Å². The van der Waals surface area contributed by atoms with Crippen molar-refractivity contribution in [2.24, 2.45) is 0 Å². The lowest BCUT2D eigenvalue weighted by Crippen LogP contribution is -2.28. The van der Waals surface area contributed by atoms with Crippen molar-refractivity contribution in [2.75, 3.05) is 18.4 Å². The van der Waals surface area contributed by atoms with Crippen molar-refractivity contribution in [3.8, 4) is 6.07 Å². The molecule has 1 aliphatic rings. The smallest absolute Gasteiger partial charge is 0.266 e. The van der Waals surface area contributed by atoms with Gasteiger partial charge in [0.05, 0.1) is 5.02 Å². The van der Waals surface area contributed by atoms with Crippen LogP contribution in [0.25, 0.3) is 0 Å². The number of halogens is 1. The lowest BCUT2D eigenvalue weighted by Gasteiger charge is -2.17. The first-order valence-electron chi connectivity index (χ1n) is 9.87. The van der Waals surface area contributed by atoms with Gasteiger partial charge < -0.3 is 10.3 Å². The minimum Gasteiger partial charge on any atom is -0.326 e. The van der Waals surface area contributed by atoms with Crippen LogP contribution in [0.4, 0.5) is 5.69 Å². The maximum Gasteiger partial charge on any atom is 0.266 e. The number of anilines is 1. The monoisotopic (exact) mass is 462 g/mol. The number of H-pyrrole nitrogens is 1. The van der Waals surface area contributed by atoms with E-state index in [2.05, 4.69) is 10.3 Å². The highest BCUT2D eigenvalue weighted by Gasteiger charge is 2.29. The fraction of sp³-hybridized carbons (Fsp3) is 0.381. The summed E-state index contributed by atoms with van der Waals surface area (Å²) < 4.78 is 27.1. The molecule has 0 bridgehead atoms. The molecule has 1 aliphatic heterocycles. The van der Waals surface area contributed by atoms with E-state index in [9.17, 15) is 18.0 Å². The molecule has 1 aromatic carbocycles. The number of rotatable bonds is 6. The minimum absolute atomic E-state index is 0.0279. The van der Waals surface area contributed by atoms with Gasteiger partial charge >= 0.3 is 0 Å². The van der Waals surface area contributed by atoms with Gasteiger partial charge in [-0.05, 0) is 62.4 Å². The van der Waals surface area contributed by atoms with Crippen LogP contribution in [0, 0.1) is 25.2 Å². The summed E-state index contributed by atoms with van der Waals surface area (Å²) >= 11 is 6.14. The average Bonchev–Trinajstić information content (AvgIpc) is 3.25. The molecule has 0 radical (unpaired) electrons. The highest BCUT2D eigenvalue weighted by molar-refractivity contribution is 7.89. The number of nitrogens with zero attached hydrogens (tertiary/aromatic N) is 2. The van der Waals surface area contributed by atoms with Gasteiger partial charge in [-0.15, -0.1) is 0 Å². The number of nitriles is 1. The second kappa shape index (κ2) is 9.22. The van der Waals surface area contributed by atoms with Crippen molar-refractivity contribution < 1.29 is 13.2 Å². The molecule has 8 nitrogen and oxygen atoms in total. The number of aryl methyl sites for hydroxylation is 1. The molecule has 1 aromatic heterocycles. The number of hydrogen-bond donors (Lipinski definition) is 2. The maximum atomic E-state index is 12.8. The van der Waals surface area contributed by atoms with Gasteiger partial charge in [-0.3, -0.25) is 9.59 Å². The van der Waals surface area contributed by atoms with E-state index in [-0.39, 0.29) is 27.8 Å². The third-order valence-electron chi connectivity index (χ3n) is 5.42. The molecular weight excluding hydrogens is 440 g/mol. The molecule has 0 unspecified atom stereocenters. The number of aromatic nitrogens is 1. The van der Waals surface area contributed by atoms with Crippen LogP contribution in [-0.4, -0.2) is 36.7 Å².